The number of nitrogens with zero attached hydrogens (tertiary/aromatic N) is 3. The minimum Gasteiger partial charge on any atom is -0.324 e. The maximum absolute atomic E-state index is 12.4. The van der Waals surface area contributed by atoms with Crippen LogP contribution in [-0.2, 0) is 4.79 Å². The van der Waals surface area contributed by atoms with Crippen molar-refractivity contribution in [2.24, 2.45) is 0 Å². The van der Waals surface area contributed by atoms with Crippen molar-refractivity contribution in [2.45, 2.75) is 5.03 Å². The number of benzene rings is 2. The van der Waals surface area contributed by atoms with Crippen LogP contribution >= 0.6 is 34.7 Å². The Morgan fingerprint density at radius 1 is 1.10 bits per heavy atom. The van der Waals surface area contributed by atoms with Gasteiger partial charge in [0.05, 0.1) is 32.2 Å². The first-order chi connectivity index (χ1) is 14.2. The normalized spacial score (nSPS) is 11.3. The highest BCUT2D eigenvalue weighted by Crippen LogP contribution is 2.37. The Balaban J connectivity index is 1.45. The lowest BCUT2D eigenvalue weighted by atomic mass is 10.2. The number of aromatic nitrogens is 3. The SMILES string of the molecule is O=C(CSc1ncnc2c1sc1nc3ccccc3cc12)Nc1ccccc1Cl. The van der Waals surface area contributed by atoms with E-state index in [0.717, 1.165) is 36.4 Å². The molecule has 0 atom stereocenters. The number of carbonyl (C=O) groups excluding carboxylic acids is 1. The number of amides is 1. The minimum absolute atomic E-state index is 0.139. The highest BCUT2D eigenvalue weighted by Gasteiger charge is 2.15. The first kappa shape index (κ1) is 18.3. The lowest BCUT2D eigenvalue weighted by Crippen LogP contribution is -2.14. The molecule has 1 amide bonds. The van der Waals surface area contributed by atoms with Gasteiger partial charge in [0.15, 0.2) is 0 Å². The number of rotatable bonds is 4. The van der Waals surface area contributed by atoms with Crippen molar-refractivity contribution in [3.63, 3.8) is 0 Å². The topological polar surface area (TPSA) is 67.8 Å². The van der Waals surface area contributed by atoms with Crippen LogP contribution < -0.4 is 5.32 Å². The number of thioether (sulfide) groups is 1. The molecule has 8 heteroatoms. The van der Waals surface area contributed by atoms with Gasteiger partial charge < -0.3 is 5.32 Å². The Kier molecular flexibility index (Phi) is 4.79. The average molecular weight is 437 g/mol. The number of hydrogen-bond acceptors (Lipinski definition) is 6. The van der Waals surface area contributed by atoms with E-state index in [1.807, 2.05) is 36.4 Å². The third-order valence-corrected chi connectivity index (χ3v) is 6.95. The molecular weight excluding hydrogens is 424 g/mol. The van der Waals surface area contributed by atoms with Gasteiger partial charge in [0.25, 0.3) is 0 Å². The number of para-hydroxylation sites is 2. The summed E-state index contributed by atoms with van der Waals surface area (Å²) in [5, 5.41) is 6.20. The molecule has 3 heterocycles. The van der Waals surface area contributed by atoms with Crippen molar-refractivity contribution in [2.75, 3.05) is 11.1 Å². The van der Waals surface area contributed by atoms with Gasteiger partial charge >= 0.3 is 0 Å². The van der Waals surface area contributed by atoms with Crippen molar-refractivity contribution < 1.29 is 4.79 Å². The number of hydrogen-bond donors (Lipinski definition) is 1. The highest BCUT2D eigenvalue weighted by atomic mass is 35.5. The molecule has 2 aromatic carbocycles. The summed E-state index contributed by atoms with van der Waals surface area (Å²) in [6.45, 7) is 0. The standard InChI is InChI=1S/C21H13ClN4OS2/c22-14-6-2-4-8-16(14)25-17(27)10-28-21-19-18(23-11-24-21)13-9-12-5-1-3-7-15(12)26-20(13)29-19/h1-9,11H,10H2,(H,25,27). The summed E-state index contributed by atoms with van der Waals surface area (Å²) < 4.78 is 0.945. The van der Waals surface area contributed by atoms with E-state index in [0.29, 0.717) is 10.7 Å². The molecule has 0 unspecified atom stereocenters. The quantitative estimate of drug-likeness (QED) is 0.286. The second-order valence-corrected chi connectivity index (χ2v) is 8.68. The van der Waals surface area contributed by atoms with E-state index in [2.05, 4.69) is 21.4 Å². The number of pyridine rings is 1. The number of halogens is 1. The number of fused-ring (bicyclic) bond motifs is 4. The summed E-state index contributed by atoms with van der Waals surface area (Å²) in [5.74, 6) is 0.0842. The van der Waals surface area contributed by atoms with Crippen LogP contribution in [0, 0.1) is 0 Å². The Labute approximate surface area is 179 Å². The lowest BCUT2D eigenvalue weighted by Gasteiger charge is -2.06. The largest absolute Gasteiger partial charge is 0.324 e. The second-order valence-electron chi connectivity index (χ2n) is 6.31. The number of carbonyl (C=O) groups is 1. The minimum atomic E-state index is -0.139. The first-order valence-corrected chi connectivity index (χ1v) is 11.0. The van der Waals surface area contributed by atoms with Gasteiger partial charge in [-0.3, -0.25) is 4.79 Å². The molecule has 0 bridgehead atoms. The maximum atomic E-state index is 12.4. The monoisotopic (exact) mass is 436 g/mol. The third kappa shape index (κ3) is 3.53. The second kappa shape index (κ2) is 7.59. The molecule has 0 radical (unpaired) electrons. The van der Waals surface area contributed by atoms with Crippen LogP contribution in [0.1, 0.15) is 0 Å². The van der Waals surface area contributed by atoms with Crippen LogP contribution in [0.4, 0.5) is 5.69 Å². The predicted molar refractivity (Wildman–Crippen MR) is 121 cm³/mol. The molecule has 0 aliphatic carbocycles. The highest BCUT2D eigenvalue weighted by molar-refractivity contribution is 8.00. The van der Waals surface area contributed by atoms with Gasteiger partial charge in [-0.25, -0.2) is 15.0 Å². The predicted octanol–water partition coefficient (Wildman–Crippen LogP) is 5.78. The Hall–Kier alpha value is -2.74. The molecule has 5 aromatic rings. The fraction of sp³-hybridized carbons (Fsp3) is 0.0476. The van der Waals surface area contributed by atoms with Crippen molar-refractivity contribution >= 4 is 77.6 Å². The van der Waals surface area contributed by atoms with Crippen LogP contribution in [0.2, 0.25) is 5.02 Å². The smallest absolute Gasteiger partial charge is 0.234 e. The summed E-state index contributed by atoms with van der Waals surface area (Å²) >= 11 is 9.04. The zero-order valence-electron chi connectivity index (χ0n) is 14.9. The molecule has 0 spiro atoms. The van der Waals surface area contributed by atoms with Crippen molar-refractivity contribution in [1.82, 2.24) is 15.0 Å². The summed E-state index contributed by atoms with van der Waals surface area (Å²) in [5.41, 5.74) is 2.42. The lowest BCUT2D eigenvalue weighted by molar-refractivity contribution is -0.113. The van der Waals surface area contributed by atoms with E-state index in [-0.39, 0.29) is 11.7 Å². The molecule has 29 heavy (non-hydrogen) atoms. The van der Waals surface area contributed by atoms with Gasteiger partial charge in [0.1, 0.15) is 16.2 Å². The van der Waals surface area contributed by atoms with Crippen LogP contribution in [0.25, 0.3) is 31.3 Å². The van der Waals surface area contributed by atoms with E-state index in [1.54, 1.807) is 23.5 Å². The first-order valence-electron chi connectivity index (χ1n) is 8.79. The van der Waals surface area contributed by atoms with E-state index >= 15 is 0 Å². The summed E-state index contributed by atoms with van der Waals surface area (Å²) in [4.78, 5) is 26.9. The van der Waals surface area contributed by atoms with E-state index < -0.39 is 0 Å². The maximum Gasteiger partial charge on any atom is 0.234 e. The van der Waals surface area contributed by atoms with Crippen LogP contribution in [-0.4, -0.2) is 26.6 Å². The molecule has 0 aliphatic rings. The van der Waals surface area contributed by atoms with E-state index in [4.69, 9.17) is 16.6 Å². The fourth-order valence-electron chi connectivity index (χ4n) is 3.07. The van der Waals surface area contributed by atoms with E-state index in [1.165, 1.54) is 18.1 Å². The van der Waals surface area contributed by atoms with Gasteiger partial charge in [0.2, 0.25) is 5.91 Å². The van der Waals surface area contributed by atoms with Gasteiger partial charge in [-0.1, -0.05) is 53.7 Å². The van der Waals surface area contributed by atoms with Gasteiger partial charge in [-0.15, -0.1) is 11.3 Å². The van der Waals surface area contributed by atoms with Gasteiger partial charge in [0, 0.05) is 10.8 Å². The van der Waals surface area contributed by atoms with Crippen LogP contribution in [0.5, 0.6) is 0 Å². The molecule has 3 aromatic heterocycles. The summed E-state index contributed by atoms with van der Waals surface area (Å²) in [7, 11) is 0. The van der Waals surface area contributed by atoms with E-state index in [9.17, 15) is 4.79 Å². The molecule has 1 N–H and O–H groups in total. The molecule has 0 fully saturated rings. The average Bonchev–Trinajstić information content (AvgIpc) is 3.10. The van der Waals surface area contributed by atoms with Crippen molar-refractivity contribution in [3.05, 3.63) is 65.9 Å². The number of nitrogens with one attached hydrogen (secondary N) is 1. The zero-order valence-corrected chi connectivity index (χ0v) is 17.3. The number of thiophene rings is 1. The Morgan fingerprint density at radius 3 is 2.83 bits per heavy atom. The molecular formula is C21H13ClN4OS2. The third-order valence-electron chi connectivity index (χ3n) is 4.40. The molecule has 0 saturated carbocycles. The Bertz CT molecular complexity index is 1390. The van der Waals surface area contributed by atoms with Crippen molar-refractivity contribution in [3.8, 4) is 0 Å². The van der Waals surface area contributed by atoms with Crippen LogP contribution in [0.15, 0.2) is 66.0 Å². The molecule has 5 rings (SSSR count). The van der Waals surface area contributed by atoms with Gasteiger partial charge in [-0.05, 0) is 24.3 Å². The molecule has 0 aliphatic heterocycles. The fourth-order valence-corrected chi connectivity index (χ4v) is 5.25. The van der Waals surface area contributed by atoms with Gasteiger partial charge in [-0.2, -0.15) is 0 Å². The molecule has 142 valence electrons. The molecule has 0 saturated heterocycles. The zero-order chi connectivity index (χ0) is 19.8. The Morgan fingerprint density at radius 2 is 1.93 bits per heavy atom. The molecule has 5 nitrogen and oxygen atoms in total. The number of anilines is 1. The summed E-state index contributed by atoms with van der Waals surface area (Å²) in [6, 6.07) is 17.3. The summed E-state index contributed by atoms with van der Waals surface area (Å²) in [6.07, 6.45) is 1.54. The van der Waals surface area contributed by atoms with Crippen molar-refractivity contribution in [1.29, 1.82) is 0 Å². The van der Waals surface area contributed by atoms with Crippen LogP contribution in [0.3, 0.4) is 0 Å².